The largest absolute Gasteiger partial charge is 0.488 e. The number of amides is 4. The zero-order valence-electron chi connectivity index (χ0n) is 41.1. The predicted octanol–water partition coefficient (Wildman–Crippen LogP) is 8.22. The van der Waals surface area contributed by atoms with Crippen LogP contribution >= 0.6 is 11.6 Å². The van der Waals surface area contributed by atoms with E-state index >= 15 is 8.78 Å². The number of hydrogen-bond donors (Lipinski definition) is 4. The summed E-state index contributed by atoms with van der Waals surface area (Å²) in [5, 5.41) is 20.9. The van der Waals surface area contributed by atoms with E-state index in [1.807, 2.05) is 49.0 Å². The molecule has 0 spiro atoms. The summed E-state index contributed by atoms with van der Waals surface area (Å²) in [7, 11) is 1.91. The number of fused-ring (bicyclic) bond motifs is 2. The Labute approximate surface area is 424 Å². The van der Waals surface area contributed by atoms with Gasteiger partial charge in [0.15, 0.2) is 23.0 Å². The molecule has 4 amide bonds. The van der Waals surface area contributed by atoms with E-state index < -0.39 is 35.1 Å². The number of imide groups is 1. The van der Waals surface area contributed by atoms with Crippen LogP contribution < -0.4 is 30.7 Å². The molecule has 1 aliphatic carbocycles. The third-order valence-corrected chi connectivity index (χ3v) is 16.7. The van der Waals surface area contributed by atoms with Crippen molar-refractivity contribution < 1.29 is 37.7 Å². The lowest BCUT2D eigenvalue weighted by Gasteiger charge is -2.40. The van der Waals surface area contributed by atoms with Crippen LogP contribution in [0.15, 0.2) is 66.7 Å². The highest BCUT2D eigenvalue weighted by atomic mass is 35.5. The quantitative estimate of drug-likeness (QED) is 0.0803. The number of nitrogens with two attached hydrogens (primary N) is 1. The maximum atomic E-state index is 16.5. The van der Waals surface area contributed by atoms with Crippen molar-refractivity contribution in [3.8, 4) is 22.6 Å². The van der Waals surface area contributed by atoms with Gasteiger partial charge >= 0.3 is 6.03 Å². The molecule has 382 valence electrons. The van der Waals surface area contributed by atoms with Gasteiger partial charge in [-0.2, -0.15) is 5.10 Å². The first-order chi connectivity index (χ1) is 34.8. The van der Waals surface area contributed by atoms with Crippen LogP contribution in [0.4, 0.5) is 19.4 Å². The molecule has 3 saturated heterocycles. The number of rotatable bonds is 15. The fraction of sp³-hybridized carbons (Fsp3) is 0.491. The Balaban J connectivity index is 0.719. The van der Waals surface area contributed by atoms with E-state index in [9.17, 15) is 19.5 Å². The number of nitrogens with one attached hydrogen (secondary N) is 2. The molecule has 0 bridgehead atoms. The normalized spacial score (nSPS) is 23.6. The highest BCUT2D eigenvalue weighted by Gasteiger charge is 2.50. The summed E-state index contributed by atoms with van der Waals surface area (Å²) in [6, 6.07) is 19.9. The predicted molar refractivity (Wildman–Crippen MR) is 273 cm³/mol. The van der Waals surface area contributed by atoms with Crippen LogP contribution in [-0.2, 0) is 17.4 Å². The summed E-state index contributed by atoms with van der Waals surface area (Å²) < 4.78 is 46.5. The van der Waals surface area contributed by atoms with E-state index in [4.69, 9.17) is 26.8 Å². The molecular formula is C55H65ClF2N8O6. The zero-order chi connectivity index (χ0) is 50.3. The van der Waals surface area contributed by atoms with E-state index in [0.717, 1.165) is 80.8 Å². The molecular weight excluding hydrogens is 942 g/mol. The number of nitrogens with zero attached hydrogens (tertiary/aromatic N) is 5. The van der Waals surface area contributed by atoms with Gasteiger partial charge in [0.25, 0.3) is 0 Å². The van der Waals surface area contributed by atoms with Gasteiger partial charge < -0.3 is 35.4 Å². The number of hydrogen-bond acceptors (Lipinski definition) is 10. The minimum absolute atomic E-state index is 0.0126. The summed E-state index contributed by atoms with van der Waals surface area (Å²) in [6.07, 6.45) is 9.49. The Morgan fingerprint density at radius 1 is 0.917 bits per heavy atom. The number of aryl methyl sites for hydroxylation is 1. The van der Waals surface area contributed by atoms with Gasteiger partial charge in [0, 0.05) is 79.8 Å². The fourth-order valence-electron chi connectivity index (χ4n) is 12.4. The standard InChI is InChI=1S/C55H65ClF2N8O6/c1-33-47-45(29-42(57)50(56)49(47)48-41(52(59)69)14-15-44(51(48)58)71-27-26-67)72-55(33,38-6-4-3-5-7-38)32-60-39-18-23-65(24-19-39)31-35-10-8-34(9-11-35)30-64-21-16-36(17-22-64)37-12-13-40-43(28-37)63(2)62-53(40)66-25-20-46(68)61-54(66)70/h3-7,12-15,28-29,33-36,39,60,67H,8-11,16-27,30-32H2,1-2H3,(H2,59,69)(H,61,68,70). The van der Waals surface area contributed by atoms with E-state index in [0.29, 0.717) is 36.3 Å². The molecule has 5 aromatic rings. The van der Waals surface area contributed by atoms with Gasteiger partial charge in [-0.3, -0.25) is 24.5 Å². The molecule has 5 N–H and O–H groups in total. The highest BCUT2D eigenvalue weighted by molar-refractivity contribution is 6.34. The molecule has 5 heterocycles. The average molecular weight is 1010 g/mol. The molecule has 1 saturated carbocycles. The first-order valence-corrected chi connectivity index (χ1v) is 26.1. The van der Waals surface area contributed by atoms with E-state index in [-0.39, 0.29) is 64.8 Å². The highest BCUT2D eigenvalue weighted by Crippen LogP contribution is 2.56. The number of benzene rings is 4. The summed E-state index contributed by atoms with van der Waals surface area (Å²) in [4.78, 5) is 43.9. The molecule has 10 rings (SSSR count). The Hall–Kier alpha value is -5.65. The van der Waals surface area contributed by atoms with Gasteiger partial charge in [-0.1, -0.05) is 54.9 Å². The molecule has 4 fully saturated rings. The SMILES string of the molecule is CC1c2c(cc(F)c(Cl)c2-c2c(C(N)=O)ccc(OCCO)c2F)OC1(CNC1CCN(CC2CCC(CN3CCC(c4ccc5c(N6CCC(=O)NC6=O)nn(C)c5c4)CC3)CC2)CC1)c1ccccc1. The lowest BCUT2D eigenvalue weighted by Crippen LogP contribution is -2.50. The Bertz CT molecular complexity index is 2830. The van der Waals surface area contributed by atoms with E-state index in [1.165, 1.54) is 56.0 Å². The Morgan fingerprint density at radius 3 is 2.25 bits per heavy atom. The fourth-order valence-corrected chi connectivity index (χ4v) is 12.6. The van der Waals surface area contributed by atoms with Gasteiger partial charge in [0.05, 0.1) is 22.7 Å². The molecule has 1 aromatic heterocycles. The molecule has 2 atom stereocenters. The van der Waals surface area contributed by atoms with Gasteiger partial charge in [0.1, 0.15) is 18.2 Å². The number of aliphatic hydroxyl groups excluding tert-OH is 1. The monoisotopic (exact) mass is 1010 g/mol. The molecule has 2 unspecified atom stereocenters. The number of aromatic nitrogens is 2. The molecule has 0 radical (unpaired) electrons. The first kappa shape index (κ1) is 49.9. The second-order valence-corrected chi connectivity index (χ2v) is 21.0. The van der Waals surface area contributed by atoms with Crippen molar-refractivity contribution in [2.75, 3.05) is 70.5 Å². The summed E-state index contributed by atoms with van der Waals surface area (Å²) in [5.41, 5.74) is 7.91. The number of aliphatic hydroxyl groups is 1. The van der Waals surface area contributed by atoms with Gasteiger partial charge in [-0.15, -0.1) is 0 Å². The number of anilines is 1. The van der Waals surface area contributed by atoms with Gasteiger partial charge in [-0.25, -0.2) is 13.6 Å². The molecule has 4 aliphatic heterocycles. The van der Waals surface area contributed by atoms with Crippen molar-refractivity contribution in [1.82, 2.24) is 30.2 Å². The lowest BCUT2D eigenvalue weighted by molar-refractivity contribution is -0.120. The van der Waals surface area contributed by atoms with E-state index in [1.54, 1.807) is 4.90 Å². The van der Waals surface area contributed by atoms with Crippen molar-refractivity contribution in [2.24, 2.45) is 24.6 Å². The minimum Gasteiger partial charge on any atom is -0.488 e. The van der Waals surface area contributed by atoms with Crippen molar-refractivity contribution in [1.29, 1.82) is 0 Å². The van der Waals surface area contributed by atoms with Crippen LogP contribution in [0, 0.1) is 23.5 Å². The number of carbonyl (C=O) groups is 3. The van der Waals surface area contributed by atoms with Gasteiger partial charge in [0.2, 0.25) is 11.8 Å². The number of urea groups is 1. The second-order valence-electron chi connectivity index (χ2n) is 20.7. The molecule has 17 heteroatoms. The van der Waals surface area contributed by atoms with Crippen molar-refractivity contribution in [3.63, 3.8) is 0 Å². The molecule has 5 aliphatic rings. The Kier molecular flexibility index (Phi) is 14.6. The van der Waals surface area contributed by atoms with Crippen molar-refractivity contribution in [3.05, 3.63) is 106 Å². The number of likely N-dealkylation sites (tertiary alicyclic amines) is 2. The van der Waals surface area contributed by atoms with Crippen molar-refractivity contribution >= 4 is 46.2 Å². The molecule has 72 heavy (non-hydrogen) atoms. The summed E-state index contributed by atoms with van der Waals surface area (Å²) in [6.45, 7) is 8.57. The minimum atomic E-state index is -1.03. The first-order valence-electron chi connectivity index (χ1n) is 25.7. The number of ether oxygens (including phenoxy) is 2. The number of carbonyl (C=O) groups excluding carboxylic acids is 3. The summed E-state index contributed by atoms with van der Waals surface area (Å²) in [5.74, 6) is -0.952. The topological polar surface area (TPSA) is 168 Å². The van der Waals surface area contributed by atoms with Crippen molar-refractivity contribution in [2.45, 2.75) is 88.2 Å². The molecule has 14 nitrogen and oxygen atoms in total. The average Bonchev–Trinajstić information content (AvgIpc) is 3.86. The van der Waals surface area contributed by atoms with Crippen LogP contribution in [0.2, 0.25) is 5.02 Å². The summed E-state index contributed by atoms with van der Waals surface area (Å²) >= 11 is 6.74. The van der Waals surface area contributed by atoms with Crippen LogP contribution in [0.5, 0.6) is 11.5 Å². The molecule has 4 aromatic carbocycles. The van der Waals surface area contributed by atoms with Crippen LogP contribution in [-0.4, -0.2) is 114 Å². The van der Waals surface area contributed by atoms with Crippen LogP contribution in [0.1, 0.15) is 104 Å². The van der Waals surface area contributed by atoms with Gasteiger partial charge in [-0.05, 0) is 131 Å². The third kappa shape index (κ3) is 9.80. The number of piperidine rings is 2. The lowest BCUT2D eigenvalue weighted by atomic mass is 9.77. The zero-order valence-corrected chi connectivity index (χ0v) is 41.9. The number of halogens is 3. The van der Waals surface area contributed by atoms with E-state index in [2.05, 4.69) is 43.7 Å². The Morgan fingerprint density at radius 2 is 1.60 bits per heavy atom. The maximum absolute atomic E-state index is 16.5. The maximum Gasteiger partial charge on any atom is 0.329 e. The number of primary amides is 1. The second kappa shape index (κ2) is 21.1. The third-order valence-electron chi connectivity index (χ3n) is 16.3. The van der Waals surface area contributed by atoms with Crippen LogP contribution in [0.3, 0.4) is 0 Å². The smallest absolute Gasteiger partial charge is 0.329 e. The van der Waals surface area contributed by atoms with Crippen LogP contribution in [0.25, 0.3) is 22.0 Å².